The molecule has 0 atom stereocenters. The molecule has 0 spiro atoms. The van der Waals surface area contributed by atoms with Crippen molar-refractivity contribution in [3.05, 3.63) is 11.9 Å². The highest BCUT2D eigenvalue weighted by atomic mass is 19.4. The molecular weight excluding hydrogens is 391 g/mol. The lowest BCUT2D eigenvalue weighted by molar-refractivity contribution is -0.192. The van der Waals surface area contributed by atoms with Gasteiger partial charge in [0.25, 0.3) is 0 Å². The number of carbonyl (C=O) groups is 2. The van der Waals surface area contributed by atoms with Gasteiger partial charge in [-0.05, 0) is 45.4 Å². The summed E-state index contributed by atoms with van der Waals surface area (Å²) in [5.41, 5.74) is 6.37. The molecule has 0 aromatic carbocycles. The molecule has 0 unspecified atom stereocenters. The Morgan fingerprint density at radius 1 is 1.28 bits per heavy atom. The zero-order chi connectivity index (χ0) is 22.0. The first-order valence-corrected chi connectivity index (χ1v) is 9.51. The lowest BCUT2D eigenvalue weighted by atomic mass is 9.95. The molecule has 1 aliphatic carbocycles. The molecule has 11 heteroatoms. The Hall–Kier alpha value is -2.17. The van der Waals surface area contributed by atoms with Crippen LogP contribution in [0, 0.1) is 11.3 Å². The lowest BCUT2D eigenvalue weighted by Gasteiger charge is -2.33. The van der Waals surface area contributed by atoms with Crippen molar-refractivity contribution < 1.29 is 27.9 Å². The largest absolute Gasteiger partial charge is 0.490 e. The van der Waals surface area contributed by atoms with Crippen molar-refractivity contribution in [1.29, 1.82) is 0 Å². The maximum atomic E-state index is 12.3. The van der Waals surface area contributed by atoms with E-state index in [0.717, 1.165) is 51.0 Å². The van der Waals surface area contributed by atoms with Crippen LogP contribution in [0.1, 0.15) is 52.1 Å². The van der Waals surface area contributed by atoms with Crippen LogP contribution in [0.4, 0.5) is 13.2 Å². The highest BCUT2D eigenvalue weighted by molar-refractivity contribution is 5.84. The summed E-state index contributed by atoms with van der Waals surface area (Å²) in [4.78, 5) is 23.3. The first kappa shape index (κ1) is 23.1. The third-order valence-corrected chi connectivity index (χ3v) is 5.30. The van der Waals surface area contributed by atoms with Crippen molar-refractivity contribution in [3.8, 4) is 0 Å². The molecule has 2 heterocycles. The van der Waals surface area contributed by atoms with Gasteiger partial charge in [0, 0.05) is 25.0 Å². The van der Waals surface area contributed by atoms with Gasteiger partial charge in [0.05, 0.1) is 11.7 Å². The second-order valence-corrected chi connectivity index (χ2v) is 8.65. The Morgan fingerprint density at radius 2 is 1.79 bits per heavy atom. The Balaban J connectivity index is 0.000000370. The van der Waals surface area contributed by atoms with Crippen LogP contribution in [0.15, 0.2) is 6.20 Å². The number of carboxylic acid groups (broad SMARTS) is 1. The van der Waals surface area contributed by atoms with Gasteiger partial charge >= 0.3 is 12.1 Å². The summed E-state index contributed by atoms with van der Waals surface area (Å²) in [5.74, 6) is -1.84. The van der Waals surface area contributed by atoms with Crippen molar-refractivity contribution in [2.24, 2.45) is 17.1 Å². The quantitative estimate of drug-likeness (QED) is 0.773. The summed E-state index contributed by atoms with van der Waals surface area (Å²) in [6.45, 7) is 8.58. The summed E-state index contributed by atoms with van der Waals surface area (Å²) in [5, 5.41) is 15.5. The number of aliphatic carboxylic acids is 1. The van der Waals surface area contributed by atoms with Gasteiger partial charge in [-0.15, -0.1) is 5.10 Å². The number of carboxylic acids is 1. The minimum atomic E-state index is -5.08. The number of halogens is 3. The molecule has 8 nitrogen and oxygen atoms in total. The van der Waals surface area contributed by atoms with Gasteiger partial charge < -0.3 is 15.7 Å². The van der Waals surface area contributed by atoms with Crippen LogP contribution in [-0.2, 0) is 21.7 Å². The first-order valence-electron chi connectivity index (χ1n) is 9.51. The van der Waals surface area contributed by atoms with Crippen molar-refractivity contribution in [2.45, 2.75) is 64.7 Å². The number of aromatic nitrogens is 3. The highest BCUT2D eigenvalue weighted by Gasteiger charge is 2.47. The number of hydrogen-bond acceptors (Lipinski definition) is 5. The fourth-order valence-corrected chi connectivity index (χ4v) is 3.05. The number of hydrogen-bond donors (Lipinski definition) is 2. The van der Waals surface area contributed by atoms with E-state index in [4.69, 9.17) is 15.6 Å². The average Bonchev–Trinajstić information content (AvgIpc) is 3.17. The molecule has 0 bridgehead atoms. The van der Waals surface area contributed by atoms with Gasteiger partial charge in [0.1, 0.15) is 5.69 Å². The molecule has 3 N–H and O–H groups in total. The van der Waals surface area contributed by atoms with E-state index < -0.39 is 17.7 Å². The molecule has 2 fully saturated rings. The topological polar surface area (TPSA) is 114 Å². The number of nitrogens with zero attached hydrogens (tertiary/aromatic N) is 4. The third kappa shape index (κ3) is 6.41. The number of alkyl halides is 3. The van der Waals surface area contributed by atoms with Crippen LogP contribution in [0.25, 0.3) is 0 Å². The highest BCUT2D eigenvalue weighted by Crippen LogP contribution is 2.46. The second-order valence-electron chi connectivity index (χ2n) is 8.65. The van der Waals surface area contributed by atoms with Gasteiger partial charge in [-0.1, -0.05) is 12.1 Å². The van der Waals surface area contributed by atoms with Crippen LogP contribution < -0.4 is 5.73 Å². The molecule has 3 rings (SSSR count). The summed E-state index contributed by atoms with van der Waals surface area (Å²) < 4.78 is 33.6. The predicted molar refractivity (Wildman–Crippen MR) is 97.6 cm³/mol. The molecule has 0 radical (unpaired) electrons. The van der Waals surface area contributed by atoms with E-state index in [1.165, 1.54) is 0 Å². The molecular formula is C18H28F3N5O3. The fourth-order valence-electron chi connectivity index (χ4n) is 3.05. The standard InChI is InChI=1S/C16H27N5O.C2HF3O2/c1-15(2,17)13-11-21(19-18-13)10-12-4-8-20(9-5-12)14(22)16(3)6-7-16;3-2(4,5)1(6)7/h11-12H,4-10,17H2,1-3H3;(H,6,7). The van der Waals surface area contributed by atoms with Crippen molar-refractivity contribution in [3.63, 3.8) is 0 Å². The van der Waals surface area contributed by atoms with Crippen LogP contribution in [0.2, 0.25) is 0 Å². The molecule has 1 amide bonds. The molecule has 1 aliphatic heterocycles. The van der Waals surface area contributed by atoms with Crippen molar-refractivity contribution in [2.75, 3.05) is 13.1 Å². The van der Waals surface area contributed by atoms with Crippen molar-refractivity contribution >= 4 is 11.9 Å². The van der Waals surface area contributed by atoms with E-state index in [1.807, 2.05) is 24.7 Å². The van der Waals surface area contributed by atoms with E-state index in [1.54, 1.807) is 0 Å². The number of nitrogens with two attached hydrogens (primary N) is 1. The third-order valence-electron chi connectivity index (χ3n) is 5.30. The Labute approximate surface area is 167 Å². The smallest absolute Gasteiger partial charge is 0.475 e. The molecule has 1 saturated heterocycles. The van der Waals surface area contributed by atoms with Gasteiger partial charge in [0.2, 0.25) is 5.91 Å². The molecule has 164 valence electrons. The fraction of sp³-hybridized carbons (Fsp3) is 0.778. The van der Waals surface area contributed by atoms with Gasteiger partial charge in [-0.2, -0.15) is 13.2 Å². The SMILES string of the molecule is CC1(C(=O)N2CCC(Cn3cc(C(C)(C)N)nn3)CC2)CC1.O=C(O)C(F)(F)F. The molecule has 1 saturated carbocycles. The monoisotopic (exact) mass is 419 g/mol. The van der Waals surface area contributed by atoms with Gasteiger partial charge in [-0.3, -0.25) is 9.48 Å². The number of carbonyl (C=O) groups excluding carboxylic acids is 1. The molecule has 2 aliphatic rings. The number of rotatable bonds is 4. The number of amides is 1. The van der Waals surface area contributed by atoms with Gasteiger partial charge in [0.15, 0.2) is 0 Å². The first-order chi connectivity index (χ1) is 13.2. The summed E-state index contributed by atoms with van der Waals surface area (Å²) in [7, 11) is 0. The zero-order valence-corrected chi connectivity index (χ0v) is 16.9. The number of piperidine rings is 1. The molecule has 1 aromatic rings. The van der Waals surface area contributed by atoms with Crippen LogP contribution in [0.3, 0.4) is 0 Å². The minimum Gasteiger partial charge on any atom is -0.475 e. The zero-order valence-electron chi connectivity index (χ0n) is 16.9. The minimum absolute atomic E-state index is 0.0413. The predicted octanol–water partition coefficient (Wildman–Crippen LogP) is 2.14. The normalized spacial score (nSPS) is 19.3. The Bertz CT molecular complexity index is 730. The Morgan fingerprint density at radius 3 is 2.17 bits per heavy atom. The maximum Gasteiger partial charge on any atom is 0.490 e. The molecule has 29 heavy (non-hydrogen) atoms. The van der Waals surface area contributed by atoms with Crippen LogP contribution in [-0.4, -0.2) is 56.1 Å². The summed E-state index contributed by atoms with van der Waals surface area (Å²) >= 11 is 0. The Kier molecular flexibility index (Phi) is 6.61. The van der Waals surface area contributed by atoms with E-state index in [0.29, 0.717) is 11.8 Å². The summed E-state index contributed by atoms with van der Waals surface area (Å²) in [6.07, 6.45) is 1.07. The van der Waals surface area contributed by atoms with E-state index in [9.17, 15) is 18.0 Å². The van der Waals surface area contributed by atoms with Crippen molar-refractivity contribution in [1.82, 2.24) is 19.9 Å². The van der Waals surface area contributed by atoms with Crippen LogP contribution >= 0.6 is 0 Å². The van der Waals surface area contributed by atoms with Crippen LogP contribution in [0.5, 0.6) is 0 Å². The maximum absolute atomic E-state index is 12.3. The number of likely N-dealkylation sites (tertiary alicyclic amines) is 1. The average molecular weight is 419 g/mol. The lowest BCUT2D eigenvalue weighted by Crippen LogP contribution is -2.42. The van der Waals surface area contributed by atoms with Gasteiger partial charge in [-0.25, -0.2) is 4.79 Å². The van der Waals surface area contributed by atoms with E-state index in [2.05, 4.69) is 22.1 Å². The second kappa shape index (κ2) is 8.29. The molecule has 1 aromatic heterocycles. The summed E-state index contributed by atoms with van der Waals surface area (Å²) in [6, 6.07) is 0. The van der Waals surface area contributed by atoms with E-state index in [-0.39, 0.29) is 5.41 Å². The van der Waals surface area contributed by atoms with E-state index >= 15 is 0 Å².